The first-order valence-electron chi connectivity index (χ1n) is 0. The summed E-state index contributed by atoms with van der Waals surface area (Å²) >= 11 is 0. The van der Waals surface area contributed by atoms with Crippen LogP contribution in [0.3, 0.4) is 0 Å². The van der Waals surface area contributed by atoms with E-state index in [1.165, 1.54) is 0 Å². The molecule has 0 aromatic carbocycles. The Labute approximate surface area is 301 Å². The van der Waals surface area contributed by atoms with Crippen LogP contribution in [0.2, 0.25) is 0 Å². The summed E-state index contributed by atoms with van der Waals surface area (Å²) < 4.78 is 0. The van der Waals surface area contributed by atoms with Crippen molar-refractivity contribution >= 4 is 156 Å². The molecule has 270 valence electrons. The average molecular weight is 756 g/mol. The third-order valence-corrected chi connectivity index (χ3v) is 0. The molecule has 0 bridgehead atoms. The number of hydrogen-bond acceptors (Lipinski definition) is 0. The van der Waals surface area contributed by atoms with Gasteiger partial charge in [-0.25, -0.2) is 0 Å². The van der Waals surface area contributed by atoms with Crippen molar-refractivity contribution in [2.45, 2.75) is 0 Å². The van der Waals surface area contributed by atoms with Gasteiger partial charge in [0.2, 0.25) is 0 Å². The lowest BCUT2D eigenvalue weighted by atomic mass is 16.0. The second-order valence-electron chi connectivity index (χ2n) is 0. The Morgan fingerprint density at radius 2 is 0.0556 bits per heavy atom. The van der Waals surface area contributed by atoms with Crippen LogP contribution in [0.15, 0.2) is 0 Å². The maximum absolute atomic E-state index is 0. The lowest BCUT2D eigenvalue weighted by Gasteiger charge is -0.413. The topological polar surface area (TPSA) is 850 Å². The fourth-order valence-electron chi connectivity index (χ4n) is 0. The molecule has 36 heteroatoms. The SMILES string of the molecule is O.O.O.O.O.O.O.O.O.O.O.O.O.O.O.O.O.O.O.O.O.O.O.O.O.O.O.[AlH3].[AlH3].[AlH3].[AlH3].[AlH3].[AlH3].[AlH3].[AlH3].[AlH3]. The zero-order valence-electron chi connectivity index (χ0n) is 13.5. The molecule has 0 unspecified atom stereocenters. The summed E-state index contributed by atoms with van der Waals surface area (Å²) in [5.74, 6) is 0. The quantitative estimate of drug-likeness (QED) is 0.208. The van der Waals surface area contributed by atoms with Crippen molar-refractivity contribution < 1.29 is 148 Å². The van der Waals surface area contributed by atoms with Gasteiger partial charge in [0, 0.05) is 0 Å². The van der Waals surface area contributed by atoms with Gasteiger partial charge >= 0.3 is 0 Å². The van der Waals surface area contributed by atoms with E-state index in [-0.39, 0.29) is 304 Å². The van der Waals surface area contributed by atoms with Crippen molar-refractivity contribution in [3.63, 3.8) is 0 Å². The van der Waals surface area contributed by atoms with E-state index < -0.39 is 0 Å². The van der Waals surface area contributed by atoms with Crippen molar-refractivity contribution in [1.29, 1.82) is 0 Å². The standard InChI is InChI=1S/9Al.27H2O.27H/h;;;;;;;;;27*1H2;;;;;;;;;;;;;;;;;;;;;;;;;;;. The first-order chi connectivity index (χ1) is 0. The zero-order chi connectivity index (χ0) is 0. The van der Waals surface area contributed by atoms with Crippen LogP contribution >= 0.6 is 0 Å². The monoisotopic (exact) mass is 756 g/mol. The molecule has 0 spiro atoms. The first kappa shape index (κ1) is 4320. The Kier molecular flexibility index (Phi) is 479000. The molecule has 0 aliphatic carbocycles. The Hall–Kier alpha value is 3.71. The normalized spacial score (nSPS) is 0. The van der Waals surface area contributed by atoms with E-state index in [4.69, 9.17) is 0 Å². The summed E-state index contributed by atoms with van der Waals surface area (Å²) in [6.07, 6.45) is 0. The summed E-state index contributed by atoms with van der Waals surface area (Å²) in [6, 6.07) is 0. The molecule has 0 radical (unpaired) electrons. The Bertz CT molecular complexity index is 29.2. The van der Waals surface area contributed by atoms with Gasteiger partial charge in [-0.15, -0.1) is 0 Å². The van der Waals surface area contributed by atoms with Crippen LogP contribution in [-0.4, -0.2) is 304 Å². The molecule has 0 aromatic heterocycles. The second-order valence-corrected chi connectivity index (χ2v) is 0. The van der Waals surface area contributed by atoms with Gasteiger partial charge in [0.15, 0.2) is 156 Å². The highest BCUT2D eigenvalue weighted by Gasteiger charge is 0.195. The van der Waals surface area contributed by atoms with Crippen molar-refractivity contribution in [3.05, 3.63) is 0 Å². The Morgan fingerprint density at radius 1 is 0.0556 bits per heavy atom. The molecule has 0 aliphatic heterocycles. The summed E-state index contributed by atoms with van der Waals surface area (Å²) in [6.45, 7) is 0. The second kappa shape index (κ2) is 4000. The minimum Gasteiger partial charge on any atom is -0.412 e. The molecule has 0 aliphatic rings. The van der Waals surface area contributed by atoms with Gasteiger partial charge in [-0.1, -0.05) is 0 Å². The van der Waals surface area contributed by atoms with E-state index in [0.29, 0.717) is 0 Å². The summed E-state index contributed by atoms with van der Waals surface area (Å²) in [5.41, 5.74) is 0. The largest absolute Gasteiger partial charge is 0.412 e. The molecule has 0 amide bonds. The fourth-order valence-corrected chi connectivity index (χ4v) is 0. The van der Waals surface area contributed by atoms with Crippen LogP contribution in [0.25, 0.3) is 0 Å². The lowest BCUT2D eigenvalue weighted by molar-refractivity contribution is 0.823. The molecule has 0 fully saturated rings. The minimum atomic E-state index is 0. The maximum Gasteiger partial charge on any atom is 0.187 e. The number of hydrogen-bond donors (Lipinski definition) is 0. The molecule has 0 saturated heterocycles. The van der Waals surface area contributed by atoms with E-state index >= 15 is 0 Å². The van der Waals surface area contributed by atoms with E-state index in [0.717, 1.165) is 0 Å². The molecule has 27 nitrogen and oxygen atoms in total. The third-order valence-electron chi connectivity index (χ3n) is 0. The first-order valence-corrected chi connectivity index (χ1v) is 0. The summed E-state index contributed by atoms with van der Waals surface area (Å²) in [5, 5.41) is 0. The van der Waals surface area contributed by atoms with Crippen molar-refractivity contribution in [2.75, 3.05) is 0 Å². The maximum atomic E-state index is 0. The van der Waals surface area contributed by atoms with Crippen LogP contribution in [0.1, 0.15) is 0 Å². The fraction of sp³-hybridized carbons (Fsp3) is 0. The van der Waals surface area contributed by atoms with Gasteiger partial charge in [-0.2, -0.15) is 0 Å². The van der Waals surface area contributed by atoms with E-state index in [9.17, 15) is 0 Å². The highest BCUT2D eigenvalue weighted by atomic mass is 27.0. The predicted octanol–water partition coefficient (Wildman–Crippen LogP) is -32.9. The van der Waals surface area contributed by atoms with Gasteiger partial charge in [0.05, 0.1) is 0 Å². The molecule has 54 N–H and O–H groups in total. The average Bonchev–Trinajstić information content (AvgIpc) is 0. The minimum absolute atomic E-state index is 0. The van der Waals surface area contributed by atoms with Crippen LogP contribution in [0.5, 0.6) is 0 Å². The third kappa shape index (κ3) is 3690. The molecular formula is H81Al9O27. The van der Waals surface area contributed by atoms with Crippen molar-refractivity contribution in [2.24, 2.45) is 0 Å². The predicted molar refractivity (Wildman–Crippen MR) is 187 cm³/mol. The van der Waals surface area contributed by atoms with Crippen molar-refractivity contribution in [1.82, 2.24) is 0 Å². The lowest BCUT2D eigenvalue weighted by Crippen LogP contribution is -0.382. The van der Waals surface area contributed by atoms with Gasteiger partial charge in [0.25, 0.3) is 0 Å². The molecule has 0 heterocycles. The summed E-state index contributed by atoms with van der Waals surface area (Å²) in [4.78, 5) is 0. The van der Waals surface area contributed by atoms with E-state index in [2.05, 4.69) is 0 Å². The van der Waals surface area contributed by atoms with Crippen molar-refractivity contribution in [3.8, 4) is 0 Å². The van der Waals surface area contributed by atoms with Gasteiger partial charge in [0.1, 0.15) is 0 Å². The zero-order valence-corrected chi connectivity index (χ0v) is 13.5. The van der Waals surface area contributed by atoms with Crippen LogP contribution in [0, 0.1) is 0 Å². The molecular weight excluding hydrogens is 675 g/mol. The van der Waals surface area contributed by atoms with E-state index in [1.807, 2.05) is 0 Å². The molecule has 0 rings (SSSR count). The van der Waals surface area contributed by atoms with E-state index in [1.54, 1.807) is 0 Å². The van der Waals surface area contributed by atoms with Gasteiger partial charge in [-0.05, 0) is 0 Å². The molecule has 0 atom stereocenters. The Balaban J connectivity index is 0. The Morgan fingerprint density at radius 3 is 0.0556 bits per heavy atom. The van der Waals surface area contributed by atoms with Crippen LogP contribution < -0.4 is 0 Å². The van der Waals surface area contributed by atoms with Crippen LogP contribution in [-0.2, 0) is 0 Å². The summed E-state index contributed by atoms with van der Waals surface area (Å²) in [7, 11) is 0. The molecule has 0 aromatic rings. The highest BCUT2D eigenvalue weighted by molar-refractivity contribution is 5.76. The molecule has 36 heavy (non-hydrogen) atoms. The highest BCUT2D eigenvalue weighted by Crippen LogP contribution is -0.261. The van der Waals surface area contributed by atoms with Crippen LogP contribution in [0.4, 0.5) is 0 Å². The molecule has 0 saturated carbocycles. The van der Waals surface area contributed by atoms with Gasteiger partial charge in [-0.3, -0.25) is 0 Å². The number of rotatable bonds is 0. The smallest absolute Gasteiger partial charge is 0.187 e. The van der Waals surface area contributed by atoms with Gasteiger partial charge < -0.3 is 148 Å².